The second-order valence-corrected chi connectivity index (χ2v) is 4.96. The van der Waals surface area contributed by atoms with Crippen LogP contribution in [0.4, 0.5) is 0 Å². The molecule has 0 aliphatic carbocycles. The highest BCUT2D eigenvalue weighted by atomic mass is 15.6. The summed E-state index contributed by atoms with van der Waals surface area (Å²) in [6, 6.07) is 0.469. The first kappa shape index (κ1) is 13.2. The van der Waals surface area contributed by atoms with E-state index >= 15 is 0 Å². The van der Waals surface area contributed by atoms with Crippen LogP contribution in [0.3, 0.4) is 0 Å². The molecule has 1 rings (SSSR count). The zero-order valence-electron chi connectivity index (χ0n) is 10.9. The van der Waals surface area contributed by atoms with Crippen molar-refractivity contribution >= 4 is 0 Å². The molecule has 0 aromatic heterocycles. The van der Waals surface area contributed by atoms with Crippen LogP contribution in [0.1, 0.15) is 52.9 Å². The first-order valence-electron chi connectivity index (χ1n) is 6.58. The minimum atomic E-state index is 0.469. The normalized spacial score (nSPS) is 19.8. The largest absolute Gasteiger partial charge is 0.272 e. The number of rotatable bonds is 7. The molecular weight excluding hydrogens is 198 g/mol. The monoisotopic (exact) mass is 223 g/mol. The Labute approximate surface area is 99.6 Å². The fourth-order valence-electron chi connectivity index (χ4n) is 1.88. The van der Waals surface area contributed by atoms with Crippen molar-refractivity contribution in [2.24, 2.45) is 16.3 Å². The van der Waals surface area contributed by atoms with Crippen LogP contribution in [0, 0.1) is 5.92 Å². The van der Waals surface area contributed by atoms with Crippen molar-refractivity contribution in [1.29, 1.82) is 0 Å². The third-order valence-corrected chi connectivity index (χ3v) is 2.95. The highest BCUT2D eigenvalue weighted by molar-refractivity contribution is 4.94. The molecule has 1 heterocycles. The molecule has 3 nitrogen and oxygen atoms in total. The predicted molar refractivity (Wildman–Crippen MR) is 68.1 cm³/mol. The van der Waals surface area contributed by atoms with E-state index in [4.69, 9.17) is 0 Å². The lowest BCUT2D eigenvalue weighted by Crippen LogP contribution is -2.31. The summed E-state index contributed by atoms with van der Waals surface area (Å²) in [6.07, 6.45) is 10.2. The fraction of sp³-hybridized carbons (Fsp3) is 0.846. The molecule has 0 fully saturated rings. The molecule has 1 aliphatic rings. The Morgan fingerprint density at radius 1 is 1.31 bits per heavy atom. The van der Waals surface area contributed by atoms with Gasteiger partial charge in [-0.3, -0.25) is 5.01 Å². The van der Waals surface area contributed by atoms with Gasteiger partial charge in [0.2, 0.25) is 0 Å². The molecule has 16 heavy (non-hydrogen) atoms. The Morgan fingerprint density at radius 2 is 2.12 bits per heavy atom. The van der Waals surface area contributed by atoms with Gasteiger partial charge >= 0.3 is 0 Å². The Balaban J connectivity index is 2.33. The van der Waals surface area contributed by atoms with Crippen LogP contribution >= 0.6 is 0 Å². The topological polar surface area (TPSA) is 28.0 Å². The number of hydrogen-bond acceptors (Lipinski definition) is 3. The predicted octanol–water partition coefficient (Wildman–Crippen LogP) is 4.18. The lowest BCUT2D eigenvalue weighted by Gasteiger charge is -2.27. The molecule has 1 atom stereocenters. The van der Waals surface area contributed by atoms with Gasteiger partial charge in [-0.15, -0.1) is 5.11 Å². The van der Waals surface area contributed by atoms with Gasteiger partial charge in [-0.2, -0.15) is 0 Å². The molecule has 0 spiro atoms. The molecule has 92 valence electrons. The average molecular weight is 223 g/mol. The summed E-state index contributed by atoms with van der Waals surface area (Å²) in [4.78, 5) is 0. The summed E-state index contributed by atoms with van der Waals surface area (Å²) in [5.74, 6) is 0.768. The van der Waals surface area contributed by atoms with Crippen molar-refractivity contribution in [1.82, 2.24) is 5.01 Å². The molecule has 0 aromatic rings. The van der Waals surface area contributed by atoms with Crippen molar-refractivity contribution in [3.63, 3.8) is 0 Å². The molecule has 0 amide bonds. The fourth-order valence-corrected chi connectivity index (χ4v) is 1.88. The molecule has 0 saturated heterocycles. The van der Waals surface area contributed by atoms with Crippen LogP contribution in [0.5, 0.6) is 0 Å². The van der Waals surface area contributed by atoms with E-state index in [0.717, 1.165) is 12.5 Å². The van der Waals surface area contributed by atoms with Crippen molar-refractivity contribution < 1.29 is 0 Å². The van der Waals surface area contributed by atoms with Gasteiger partial charge < -0.3 is 0 Å². The van der Waals surface area contributed by atoms with Gasteiger partial charge in [0.25, 0.3) is 0 Å². The van der Waals surface area contributed by atoms with Gasteiger partial charge in [0.1, 0.15) is 0 Å². The van der Waals surface area contributed by atoms with Crippen LogP contribution < -0.4 is 0 Å². The third-order valence-electron chi connectivity index (χ3n) is 2.95. The summed E-state index contributed by atoms with van der Waals surface area (Å²) in [5, 5.41) is 10.4. The van der Waals surface area contributed by atoms with Gasteiger partial charge in [-0.1, -0.05) is 38.8 Å². The van der Waals surface area contributed by atoms with Crippen molar-refractivity contribution in [2.75, 3.05) is 6.54 Å². The van der Waals surface area contributed by atoms with E-state index in [1.807, 2.05) is 6.20 Å². The van der Waals surface area contributed by atoms with Crippen LogP contribution in [0.15, 0.2) is 22.6 Å². The van der Waals surface area contributed by atoms with Crippen LogP contribution in [-0.2, 0) is 0 Å². The number of hydrogen-bond donors (Lipinski definition) is 0. The summed E-state index contributed by atoms with van der Waals surface area (Å²) in [7, 11) is 0. The second-order valence-electron chi connectivity index (χ2n) is 4.96. The van der Waals surface area contributed by atoms with E-state index in [0.29, 0.717) is 6.04 Å². The highest BCUT2D eigenvalue weighted by Gasteiger charge is 2.16. The summed E-state index contributed by atoms with van der Waals surface area (Å²) >= 11 is 0. The molecule has 1 unspecified atom stereocenters. The van der Waals surface area contributed by atoms with E-state index in [1.54, 1.807) is 0 Å². The van der Waals surface area contributed by atoms with E-state index in [2.05, 4.69) is 42.2 Å². The van der Waals surface area contributed by atoms with E-state index < -0.39 is 0 Å². The van der Waals surface area contributed by atoms with E-state index in [1.165, 1.54) is 32.1 Å². The Morgan fingerprint density at radius 3 is 2.81 bits per heavy atom. The molecule has 0 aromatic carbocycles. The maximum Gasteiger partial charge on any atom is 0.0686 e. The lowest BCUT2D eigenvalue weighted by molar-refractivity contribution is 0.196. The van der Waals surface area contributed by atoms with Gasteiger partial charge in [0, 0.05) is 12.7 Å². The average Bonchev–Trinajstić information content (AvgIpc) is 2.28. The van der Waals surface area contributed by atoms with Gasteiger partial charge in [-0.05, 0) is 31.3 Å². The van der Waals surface area contributed by atoms with E-state index in [-0.39, 0.29) is 0 Å². The minimum Gasteiger partial charge on any atom is -0.272 e. The lowest BCUT2D eigenvalue weighted by atomic mass is 10.0. The third kappa shape index (κ3) is 4.77. The van der Waals surface area contributed by atoms with E-state index in [9.17, 15) is 0 Å². The zero-order valence-corrected chi connectivity index (χ0v) is 10.9. The summed E-state index contributed by atoms with van der Waals surface area (Å²) in [5.41, 5.74) is 0. The summed E-state index contributed by atoms with van der Waals surface area (Å²) < 4.78 is 0. The van der Waals surface area contributed by atoms with Crippen molar-refractivity contribution in [3.05, 3.63) is 12.3 Å². The Hall–Kier alpha value is -0.860. The summed E-state index contributed by atoms with van der Waals surface area (Å²) in [6.45, 7) is 7.82. The second kappa shape index (κ2) is 7.42. The smallest absolute Gasteiger partial charge is 0.0686 e. The molecule has 0 N–H and O–H groups in total. The quantitative estimate of drug-likeness (QED) is 0.595. The minimum absolute atomic E-state index is 0.469. The molecular formula is C13H25N3. The first-order chi connectivity index (χ1) is 7.74. The molecule has 0 saturated carbocycles. The zero-order chi connectivity index (χ0) is 11.8. The van der Waals surface area contributed by atoms with Gasteiger partial charge in [0.05, 0.1) is 6.04 Å². The molecule has 1 aliphatic heterocycles. The standard InChI is InChI=1S/C13H25N3/c1-4-5-6-11-16-13(8-7-12(2)3)9-10-14-15-16/h9-10,12-13H,4-8,11H2,1-3H3. The van der Waals surface area contributed by atoms with Crippen molar-refractivity contribution in [3.8, 4) is 0 Å². The van der Waals surface area contributed by atoms with Crippen LogP contribution in [0.2, 0.25) is 0 Å². The number of nitrogens with zero attached hydrogens (tertiary/aromatic N) is 3. The van der Waals surface area contributed by atoms with Crippen LogP contribution in [0.25, 0.3) is 0 Å². The van der Waals surface area contributed by atoms with Crippen molar-refractivity contribution in [2.45, 2.75) is 58.9 Å². The molecule has 0 bridgehead atoms. The molecule has 0 radical (unpaired) electrons. The first-order valence-corrected chi connectivity index (χ1v) is 6.58. The maximum absolute atomic E-state index is 4.23. The number of unbranched alkanes of at least 4 members (excludes halogenated alkanes) is 2. The van der Waals surface area contributed by atoms with Gasteiger partial charge in [0.15, 0.2) is 0 Å². The maximum atomic E-state index is 4.23. The van der Waals surface area contributed by atoms with Crippen LogP contribution in [-0.4, -0.2) is 17.6 Å². The SMILES string of the molecule is CCCCCN1N=NC=CC1CCC(C)C. The molecule has 3 heteroatoms. The Bertz CT molecular complexity index is 233. The van der Waals surface area contributed by atoms with Gasteiger partial charge in [-0.25, -0.2) is 0 Å². The highest BCUT2D eigenvalue weighted by Crippen LogP contribution is 2.17. The Kier molecular flexibility index (Phi) is 6.12.